The molecular weight excluding hydrogens is 308 g/mol. The quantitative estimate of drug-likeness (QED) is 0.729. The van der Waals surface area contributed by atoms with Crippen LogP contribution in [0.5, 0.6) is 11.5 Å². The Bertz CT molecular complexity index is 852. The summed E-state index contributed by atoms with van der Waals surface area (Å²) in [6.07, 6.45) is 0. The number of halogens is 1. The van der Waals surface area contributed by atoms with Crippen molar-refractivity contribution in [2.45, 2.75) is 0 Å². The number of nitrogens with one attached hydrogen (secondary N) is 1. The van der Waals surface area contributed by atoms with E-state index in [0.29, 0.717) is 21.3 Å². The van der Waals surface area contributed by atoms with Crippen molar-refractivity contribution >= 4 is 34.9 Å². The molecule has 1 N–H and O–H groups in total. The molecule has 4 nitrogen and oxygen atoms in total. The predicted molar refractivity (Wildman–Crippen MR) is 86.6 cm³/mol. The number of rotatable bonds is 3. The SMILES string of the molecule is COc1cc2[nH]c(=S)n(-c3ccc(Cl)cc3)c2cc1OC. The normalized spacial score (nSPS) is 10.8. The van der Waals surface area contributed by atoms with Gasteiger partial charge in [0.15, 0.2) is 16.3 Å². The molecule has 0 fully saturated rings. The minimum atomic E-state index is 0.600. The molecule has 1 heterocycles. The molecule has 108 valence electrons. The van der Waals surface area contributed by atoms with E-state index in [2.05, 4.69) is 4.98 Å². The van der Waals surface area contributed by atoms with Gasteiger partial charge in [-0.2, -0.15) is 0 Å². The van der Waals surface area contributed by atoms with E-state index in [9.17, 15) is 0 Å². The van der Waals surface area contributed by atoms with Crippen molar-refractivity contribution in [3.8, 4) is 17.2 Å². The molecule has 0 saturated carbocycles. The maximum atomic E-state index is 5.94. The Morgan fingerprint density at radius 1 is 1.05 bits per heavy atom. The summed E-state index contributed by atoms with van der Waals surface area (Å²) in [7, 11) is 3.21. The molecule has 3 rings (SSSR count). The van der Waals surface area contributed by atoms with Gasteiger partial charge in [-0.05, 0) is 36.5 Å². The van der Waals surface area contributed by atoms with Gasteiger partial charge in [0.05, 0.1) is 25.3 Å². The number of aromatic amines is 1. The molecule has 0 aliphatic heterocycles. The van der Waals surface area contributed by atoms with Crippen LogP contribution in [-0.2, 0) is 0 Å². The van der Waals surface area contributed by atoms with Crippen molar-refractivity contribution < 1.29 is 9.47 Å². The Labute approximate surface area is 131 Å². The molecule has 0 atom stereocenters. The molecule has 21 heavy (non-hydrogen) atoms. The fourth-order valence-electron chi connectivity index (χ4n) is 2.28. The zero-order chi connectivity index (χ0) is 15.0. The van der Waals surface area contributed by atoms with Crippen molar-refractivity contribution in [2.75, 3.05) is 14.2 Å². The van der Waals surface area contributed by atoms with E-state index >= 15 is 0 Å². The predicted octanol–water partition coefficient (Wildman–Crippen LogP) is 4.36. The van der Waals surface area contributed by atoms with Crippen LogP contribution in [0, 0.1) is 4.77 Å². The Morgan fingerprint density at radius 2 is 1.67 bits per heavy atom. The Balaban J connectivity index is 2.30. The molecule has 2 aromatic carbocycles. The Morgan fingerprint density at radius 3 is 2.29 bits per heavy atom. The second kappa shape index (κ2) is 5.42. The zero-order valence-electron chi connectivity index (χ0n) is 11.5. The number of fused-ring (bicyclic) bond motifs is 1. The standard InChI is InChI=1S/C15H13ClN2O2S/c1-19-13-7-11-12(8-14(13)20-2)18(15(21)17-11)10-5-3-9(16)4-6-10/h3-8H,1-2H3,(H,17,21). The number of aromatic nitrogens is 2. The first-order chi connectivity index (χ1) is 10.1. The lowest BCUT2D eigenvalue weighted by molar-refractivity contribution is 0.355. The third kappa shape index (κ3) is 2.39. The van der Waals surface area contributed by atoms with Gasteiger partial charge in [0.2, 0.25) is 0 Å². The number of nitrogens with zero attached hydrogens (tertiary/aromatic N) is 1. The number of hydrogen-bond donors (Lipinski definition) is 1. The summed E-state index contributed by atoms with van der Waals surface area (Å²) < 4.78 is 13.2. The lowest BCUT2D eigenvalue weighted by atomic mass is 10.2. The summed E-state index contributed by atoms with van der Waals surface area (Å²) in [5, 5.41) is 0.685. The summed E-state index contributed by atoms with van der Waals surface area (Å²) in [6.45, 7) is 0. The monoisotopic (exact) mass is 320 g/mol. The molecule has 0 unspecified atom stereocenters. The minimum absolute atomic E-state index is 0.600. The van der Waals surface area contributed by atoms with Crippen LogP contribution >= 0.6 is 23.8 Å². The van der Waals surface area contributed by atoms with Crippen LogP contribution in [-0.4, -0.2) is 23.8 Å². The fraction of sp³-hybridized carbons (Fsp3) is 0.133. The van der Waals surface area contributed by atoms with E-state index < -0.39 is 0 Å². The van der Waals surface area contributed by atoms with Crippen LogP contribution in [0.25, 0.3) is 16.7 Å². The van der Waals surface area contributed by atoms with Gasteiger partial charge >= 0.3 is 0 Å². The topological polar surface area (TPSA) is 39.2 Å². The smallest absolute Gasteiger partial charge is 0.182 e. The van der Waals surface area contributed by atoms with Gasteiger partial charge < -0.3 is 14.5 Å². The van der Waals surface area contributed by atoms with Crippen LogP contribution in [0.15, 0.2) is 36.4 Å². The summed E-state index contributed by atoms with van der Waals surface area (Å²) in [6, 6.07) is 11.3. The van der Waals surface area contributed by atoms with Crippen molar-refractivity contribution in [3.63, 3.8) is 0 Å². The van der Waals surface area contributed by atoms with E-state index in [1.807, 2.05) is 41.0 Å². The highest BCUT2D eigenvalue weighted by atomic mass is 35.5. The molecule has 0 aliphatic rings. The van der Waals surface area contributed by atoms with Gasteiger partial charge in [0.1, 0.15) is 0 Å². The van der Waals surface area contributed by atoms with Crippen LogP contribution in [0.4, 0.5) is 0 Å². The van der Waals surface area contributed by atoms with Crippen molar-refractivity contribution in [2.24, 2.45) is 0 Å². The van der Waals surface area contributed by atoms with Crippen LogP contribution in [0.2, 0.25) is 5.02 Å². The van der Waals surface area contributed by atoms with E-state index in [1.54, 1.807) is 14.2 Å². The largest absolute Gasteiger partial charge is 0.493 e. The first-order valence-electron chi connectivity index (χ1n) is 6.26. The molecule has 6 heteroatoms. The van der Waals surface area contributed by atoms with Crippen LogP contribution in [0.1, 0.15) is 0 Å². The Kier molecular flexibility index (Phi) is 3.61. The Hall–Kier alpha value is -1.98. The third-order valence-corrected chi connectivity index (χ3v) is 3.81. The number of H-pyrrole nitrogens is 1. The number of benzene rings is 2. The van der Waals surface area contributed by atoms with Gasteiger partial charge in [0, 0.05) is 22.8 Å². The highest BCUT2D eigenvalue weighted by molar-refractivity contribution is 7.71. The van der Waals surface area contributed by atoms with Gasteiger partial charge in [0.25, 0.3) is 0 Å². The summed E-state index contributed by atoms with van der Waals surface area (Å²) in [4.78, 5) is 3.18. The third-order valence-electron chi connectivity index (χ3n) is 3.27. The van der Waals surface area contributed by atoms with E-state index in [4.69, 9.17) is 33.3 Å². The highest BCUT2D eigenvalue weighted by Gasteiger charge is 2.12. The first-order valence-corrected chi connectivity index (χ1v) is 7.05. The average molecular weight is 321 g/mol. The van der Waals surface area contributed by atoms with Gasteiger partial charge in [-0.25, -0.2) is 0 Å². The molecule has 0 bridgehead atoms. The molecule has 0 spiro atoms. The molecule has 0 amide bonds. The molecule has 3 aromatic rings. The maximum Gasteiger partial charge on any atom is 0.182 e. The van der Waals surface area contributed by atoms with Gasteiger partial charge in [-0.3, -0.25) is 4.57 Å². The summed E-state index contributed by atoms with van der Waals surface area (Å²) in [5.74, 6) is 1.31. The number of methoxy groups -OCH3 is 2. The van der Waals surface area contributed by atoms with Crippen molar-refractivity contribution in [1.29, 1.82) is 0 Å². The maximum absolute atomic E-state index is 5.94. The number of ether oxygens (including phenoxy) is 2. The first kappa shape index (κ1) is 14.0. The number of hydrogen-bond acceptors (Lipinski definition) is 3. The average Bonchev–Trinajstić information content (AvgIpc) is 2.81. The lowest BCUT2D eigenvalue weighted by Gasteiger charge is -2.09. The minimum Gasteiger partial charge on any atom is -0.493 e. The molecule has 0 aliphatic carbocycles. The summed E-state index contributed by atoms with van der Waals surface area (Å²) >= 11 is 11.4. The highest BCUT2D eigenvalue weighted by Crippen LogP contribution is 2.33. The van der Waals surface area contributed by atoms with Crippen LogP contribution < -0.4 is 9.47 Å². The van der Waals surface area contributed by atoms with Crippen molar-refractivity contribution in [3.05, 3.63) is 46.2 Å². The second-order valence-corrected chi connectivity index (χ2v) is 5.29. The molecule has 1 aromatic heterocycles. The number of imidazole rings is 1. The molecular formula is C15H13ClN2O2S. The van der Waals surface area contributed by atoms with Gasteiger partial charge in [-0.15, -0.1) is 0 Å². The van der Waals surface area contributed by atoms with E-state index in [0.717, 1.165) is 16.7 Å². The van der Waals surface area contributed by atoms with E-state index in [1.165, 1.54) is 0 Å². The van der Waals surface area contributed by atoms with Crippen LogP contribution in [0.3, 0.4) is 0 Å². The fourth-order valence-corrected chi connectivity index (χ4v) is 2.72. The summed E-state index contributed by atoms with van der Waals surface area (Å²) in [5.41, 5.74) is 2.73. The zero-order valence-corrected chi connectivity index (χ0v) is 13.1. The second-order valence-electron chi connectivity index (χ2n) is 4.47. The van der Waals surface area contributed by atoms with Gasteiger partial charge in [-0.1, -0.05) is 11.6 Å². The van der Waals surface area contributed by atoms with E-state index in [-0.39, 0.29) is 0 Å². The lowest BCUT2D eigenvalue weighted by Crippen LogP contribution is -1.95. The molecule has 0 radical (unpaired) electrons. The molecule has 0 saturated heterocycles. The van der Waals surface area contributed by atoms with Crippen molar-refractivity contribution in [1.82, 2.24) is 9.55 Å².